The van der Waals surface area contributed by atoms with Crippen LogP contribution in [0.15, 0.2) is 48.5 Å². The summed E-state index contributed by atoms with van der Waals surface area (Å²) in [5, 5.41) is 14.1. The lowest BCUT2D eigenvalue weighted by molar-refractivity contribution is -0.144. The number of nitrogens with two attached hydrogens (primary N) is 1. The lowest BCUT2D eigenvalue weighted by Gasteiger charge is -2.24. The first-order valence-corrected chi connectivity index (χ1v) is 17.3. The Morgan fingerprint density at radius 1 is 0.712 bits per heavy atom. The summed E-state index contributed by atoms with van der Waals surface area (Å²) in [5.41, 5.74) is 9.87. The number of nitrogens with one attached hydrogen (secondary N) is 2. The number of aliphatic carboxylic acids is 1. The van der Waals surface area contributed by atoms with E-state index < -0.39 is 30.4 Å². The highest BCUT2D eigenvalue weighted by molar-refractivity contribution is 6.19. The summed E-state index contributed by atoms with van der Waals surface area (Å²) in [4.78, 5) is 85.6. The molecule has 2 aromatic rings. The van der Waals surface area contributed by atoms with Gasteiger partial charge < -0.3 is 40.9 Å². The molecule has 0 heterocycles. The molecule has 6 amide bonds. The van der Waals surface area contributed by atoms with Crippen LogP contribution in [0.5, 0.6) is 0 Å². The van der Waals surface area contributed by atoms with Gasteiger partial charge in [-0.3, -0.25) is 28.8 Å². The maximum absolute atomic E-state index is 12.2. The van der Waals surface area contributed by atoms with Gasteiger partial charge in [0.05, 0.1) is 20.9 Å². The van der Waals surface area contributed by atoms with Crippen LogP contribution in [0.2, 0.25) is 6.32 Å². The van der Waals surface area contributed by atoms with E-state index in [9.17, 15) is 33.6 Å². The molecule has 2 radical (unpaired) electrons. The number of primary amides is 1. The molecule has 0 saturated carbocycles. The van der Waals surface area contributed by atoms with Crippen LogP contribution in [0.3, 0.4) is 0 Å². The van der Waals surface area contributed by atoms with E-state index in [1.807, 2.05) is 31.2 Å². The molecule has 0 saturated heterocycles. The third-order valence-corrected chi connectivity index (χ3v) is 8.09. The lowest BCUT2D eigenvalue weighted by Crippen LogP contribution is -2.47. The summed E-state index contributed by atoms with van der Waals surface area (Å²) in [6, 6.07) is 16.4. The maximum atomic E-state index is 12.2. The van der Waals surface area contributed by atoms with E-state index in [1.54, 1.807) is 13.8 Å². The van der Waals surface area contributed by atoms with Gasteiger partial charge in [0.25, 0.3) is 0 Å². The average Bonchev–Trinajstić information content (AvgIpc) is 3.45. The summed E-state index contributed by atoms with van der Waals surface area (Å²) in [7, 11) is 5.41. The molecule has 0 atom stereocenters. The van der Waals surface area contributed by atoms with Crippen LogP contribution in [-0.2, 0) is 33.5 Å². The third kappa shape index (κ3) is 13.7. The second-order valence-electron chi connectivity index (χ2n) is 11.8. The van der Waals surface area contributed by atoms with Crippen molar-refractivity contribution in [1.82, 2.24) is 25.3 Å². The highest BCUT2D eigenvalue weighted by Gasteiger charge is 2.28. The van der Waals surface area contributed by atoms with Crippen LogP contribution in [0.4, 0.5) is 4.79 Å². The Balaban J connectivity index is 0.000000428. The van der Waals surface area contributed by atoms with Crippen molar-refractivity contribution in [3.63, 3.8) is 0 Å². The molecule has 1 aliphatic rings. The molecule has 5 N–H and O–H groups in total. The molecule has 52 heavy (non-hydrogen) atoms. The van der Waals surface area contributed by atoms with Gasteiger partial charge in [-0.1, -0.05) is 69.3 Å². The average molecular weight is 721 g/mol. The minimum Gasteiger partial charge on any atom is -0.480 e. The molecule has 0 aliphatic heterocycles. The quantitative estimate of drug-likeness (QED) is 0.155. The molecule has 0 unspecified atom stereocenters. The van der Waals surface area contributed by atoms with Crippen molar-refractivity contribution in [2.75, 3.05) is 59.0 Å². The van der Waals surface area contributed by atoms with Gasteiger partial charge in [-0.2, -0.15) is 0 Å². The number of ether oxygens (including phenoxy) is 1. The van der Waals surface area contributed by atoms with Gasteiger partial charge in [-0.05, 0) is 35.0 Å². The number of nitrogens with zero attached hydrogens (tertiary/aromatic N) is 3. The second kappa shape index (κ2) is 22.4. The van der Waals surface area contributed by atoms with Crippen molar-refractivity contribution in [1.29, 1.82) is 0 Å². The Bertz CT molecular complexity index is 1510. The number of hydrogen-bond acceptors (Lipinski definition) is 8. The molecule has 15 nitrogen and oxygen atoms in total. The van der Waals surface area contributed by atoms with E-state index in [0.717, 1.165) is 4.90 Å². The monoisotopic (exact) mass is 720 g/mol. The molecular weight excluding hydrogens is 671 g/mol. The van der Waals surface area contributed by atoms with Crippen molar-refractivity contribution in [2.24, 2.45) is 5.73 Å². The number of carbonyl (C=O) groups is 7. The zero-order valence-corrected chi connectivity index (χ0v) is 30.1. The van der Waals surface area contributed by atoms with Gasteiger partial charge in [0, 0.05) is 51.5 Å². The van der Waals surface area contributed by atoms with Gasteiger partial charge in [0.2, 0.25) is 29.5 Å². The fourth-order valence-electron chi connectivity index (χ4n) is 5.61. The lowest BCUT2D eigenvalue weighted by atomic mass is 9.98. The standard InChI is InChI=1S/C21H36BN5O7.C15H13NO2/c1-4-9-25(18(30)5-2)13-16(28)23-7-10-26(20(32)12-22)14-17(29)24-8-11-27(15-21(33)34)19(31)6-3;16-15(17)18-9-14-12-7-3-1-5-10(12)11-6-2-4-8-13(11)14/h4-15H2,1-3H3,(H,23,28)(H,24,29)(H,33,34);1-8,14H,9H2,(H2,16,17). The zero-order valence-electron chi connectivity index (χ0n) is 30.1. The first-order chi connectivity index (χ1) is 24.9. The third-order valence-electron chi connectivity index (χ3n) is 8.09. The van der Waals surface area contributed by atoms with Crippen molar-refractivity contribution in [3.8, 4) is 11.1 Å². The molecule has 280 valence electrons. The van der Waals surface area contributed by atoms with Crippen LogP contribution in [0.25, 0.3) is 11.1 Å². The Hall–Kier alpha value is -5.41. The number of carbonyl (C=O) groups excluding carboxylic acids is 6. The van der Waals surface area contributed by atoms with E-state index in [4.69, 9.17) is 23.4 Å². The Labute approximate surface area is 305 Å². The van der Waals surface area contributed by atoms with Gasteiger partial charge in [0.1, 0.15) is 13.2 Å². The SMILES string of the molecule is NC(=O)OCC1c2ccccc2-c2ccccc21.[B]CC(=O)N(CCNC(=O)CN(CCC)C(=O)CC)CC(=O)NCCN(CC(=O)O)C(=O)CC. The predicted molar refractivity (Wildman–Crippen MR) is 194 cm³/mol. The van der Waals surface area contributed by atoms with Crippen LogP contribution in [0, 0.1) is 0 Å². The van der Waals surface area contributed by atoms with Crippen molar-refractivity contribution in [2.45, 2.75) is 52.3 Å². The summed E-state index contributed by atoms with van der Waals surface area (Å²) < 4.78 is 4.98. The molecule has 1 aliphatic carbocycles. The summed E-state index contributed by atoms with van der Waals surface area (Å²) in [6.45, 7) is 5.23. The molecule has 0 bridgehead atoms. The Kier molecular flexibility index (Phi) is 18.4. The maximum Gasteiger partial charge on any atom is 0.404 e. The highest BCUT2D eigenvalue weighted by atomic mass is 16.5. The van der Waals surface area contributed by atoms with E-state index in [-0.39, 0.29) is 75.6 Å². The summed E-state index contributed by atoms with van der Waals surface area (Å²) in [6.07, 6.45) is 0.0922. The predicted octanol–water partition coefficient (Wildman–Crippen LogP) is 1.50. The highest BCUT2D eigenvalue weighted by Crippen LogP contribution is 2.44. The zero-order chi connectivity index (χ0) is 38.6. The van der Waals surface area contributed by atoms with Crippen molar-refractivity contribution < 1.29 is 43.4 Å². The number of rotatable bonds is 19. The Morgan fingerprint density at radius 2 is 1.15 bits per heavy atom. The van der Waals surface area contributed by atoms with E-state index in [1.165, 1.54) is 32.1 Å². The molecule has 2 aromatic carbocycles. The van der Waals surface area contributed by atoms with Crippen LogP contribution in [-0.4, -0.2) is 128 Å². The van der Waals surface area contributed by atoms with E-state index in [0.29, 0.717) is 26.0 Å². The van der Waals surface area contributed by atoms with E-state index in [2.05, 4.69) is 34.9 Å². The van der Waals surface area contributed by atoms with Crippen LogP contribution in [0.1, 0.15) is 57.1 Å². The van der Waals surface area contributed by atoms with E-state index >= 15 is 0 Å². The first kappa shape index (κ1) is 42.8. The number of carboxylic acid groups (broad SMARTS) is 1. The molecule has 16 heteroatoms. The van der Waals surface area contributed by atoms with Crippen molar-refractivity contribution in [3.05, 3.63) is 59.7 Å². The second-order valence-corrected chi connectivity index (χ2v) is 11.8. The van der Waals surface area contributed by atoms with Crippen LogP contribution >= 0.6 is 0 Å². The largest absolute Gasteiger partial charge is 0.480 e. The molecule has 0 aromatic heterocycles. The number of amides is 6. The van der Waals surface area contributed by atoms with Crippen LogP contribution < -0.4 is 16.4 Å². The molecule has 3 rings (SSSR count). The molecule has 0 fully saturated rings. The number of benzene rings is 2. The fourth-order valence-corrected chi connectivity index (χ4v) is 5.61. The smallest absolute Gasteiger partial charge is 0.404 e. The Morgan fingerprint density at radius 3 is 1.56 bits per heavy atom. The number of hydrogen-bond donors (Lipinski definition) is 4. The molecular formula is C36H49BN6O9. The summed E-state index contributed by atoms with van der Waals surface area (Å²) in [5.74, 6) is -2.95. The number of fused-ring (bicyclic) bond motifs is 3. The van der Waals surface area contributed by atoms with Gasteiger partial charge in [0.15, 0.2) is 0 Å². The molecule has 0 spiro atoms. The number of carboxylic acids is 1. The minimum atomic E-state index is -1.16. The van der Waals surface area contributed by atoms with Gasteiger partial charge in [-0.25, -0.2) is 4.79 Å². The topological polar surface area (TPSA) is 209 Å². The van der Waals surface area contributed by atoms with Crippen molar-refractivity contribution >= 4 is 49.4 Å². The minimum absolute atomic E-state index is 0.0103. The van der Waals surface area contributed by atoms with Gasteiger partial charge in [-0.15, -0.1) is 0 Å². The normalized spacial score (nSPS) is 11.1. The summed E-state index contributed by atoms with van der Waals surface area (Å²) >= 11 is 0. The van der Waals surface area contributed by atoms with Gasteiger partial charge >= 0.3 is 12.1 Å². The fraction of sp³-hybridized carbons (Fsp3) is 0.472. The first-order valence-electron chi connectivity index (χ1n) is 17.3.